The Labute approximate surface area is 203 Å². The summed E-state index contributed by atoms with van der Waals surface area (Å²) in [5.74, 6) is 0.713. The van der Waals surface area contributed by atoms with Crippen LogP contribution >= 0.6 is 0 Å². The number of aryl methyl sites for hydroxylation is 1. The van der Waals surface area contributed by atoms with Crippen molar-refractivity contribution in [3.63, 3.8) is 0 Å². The normalized spacial score (nSPS) is 23.6. The van der Waals surface area contributed by atoms with E-state index in [1.165, 1.54) is 12.0 Å². The van der Waals surface area contributed by atoms with Crippen LogP contribution in [0.1, 0.15) is 50.5 Å². The number of piperidine rings is 1. The molecule has 1 heterocycles. The summed E-state index contributed by atoms with van der Waals surface area (Å²) in [5.41, 5.74) is 0.898. The molecular formula is C28H42N2O2S. The summed E-state index contributed by atoms with van der Waals surface area (Å²) < 4.78 is 13.7. The first-order chi connectivity index (χ1) is 16.0. The lowest BCUT2D eigenvalue weighted by Gasteiger charge is -2.39. The summed E-state index contributed by atoms with van der Waals surface area (Å²) >= 11 is 0. The second-order valence-corrected chi connectivity index (χ2v) is 11.2. The average Bonchev–Trinajstić information content (AvgIpc) is 3.31. The Hall–Kier alpha value is -1.53. The summed E-state index contributed by atoms with van der Waals surface area (Å²) in [6.45, 7) is 3.16. The van der Waals surface area contributed by atoms with E-state index in [9.17, 15) is 9.32 Å². The van der Waals surface area contributed by atoms with Gasteiger partial charge >= 0.3 is 0 Å². The maximum Gasteiger partial charge on any atom is 0.0910 e. The highest BCUT2D eigenvalue weighted by Crippen LogP contribution is 2.32. The molecule has 0 radical (unpaired) electrons. The van der Waals surface area contributed by atoms with Gasteiger partial charge in [0.05, 0.1) is 16.6 Å². The average molecular weight is 471 g/mol. The predicted octanol–water partition coefficient (Wildman–Crippen LogP) is 4.92. The van der Waals surface area contributed by atoms with E-state index in [2.05, 4.69) is 35.2 Å². The van der Waals surface area contributed by atoms with Crippen LogP contribution < -0.4 is 0 Å². The number of rotatable bonds is 8. The fourth-order valence-electron chi connectivity index (χ4n) is 5.17. The van der Waals surface area contributed by atoms with Crippen molar-refractivity contribution in [2.75, 3.05) is 32.9 Å². The largest absolute Gasteiger partial charge is 0.390 e. The molecule has 1 aliphatic heterocycles. The molecule has 1 saturated heterocycles. The lowest BCUT2D eigenvalue weighted by Crippen LogP contribution is -2.45. The van der Waals surface area contributed by atoms with Gasteiger partial charge in [0.15, 0.2) is 0 Å². The third-order valence-corrected chi connectivity index (χ3v) is 8.46. The van der Waals surface area contributed by atoms with Gasteiger partial charge in [0.25, 0.3) is 0 Å². The summed E-state index contributed by atoms with van der Waals surface area (Å²) in [7, 11) is 1.12. The van der Waals surface area contributed by atoms with Crippen LogP contribution in [0.3, 0.4) is 0 Å². The molecule has 5 heteroatoms. The van der Waals surface area contributed by atoms with Crippen LogP contribution in [-0.4, -0.2) is 63.1 Å². The minimum absolute atomic E-state index is 0.469. The molecule has 2 aliphatic rings. The minimum Gasteiger partial charge on any atom is -0.390 e. The van der Waals surface area contributed by atoms with Crippen molar-refractivity contribution in [2.45, 2.75) is 63.0 Å². The third kappa shape index (κ3) is 8.97. The molecule has 182 valence electrons. The van der Waals surface area contributed by atoms with E-state index >= 15 is 0 Å². The molecule has 2 fully saturated rings. The van der Waals surface area contributed by atoms with Gasteiger partial charge in [0, 0.05) is 39.0 Å². The Balaban J connectivity index is 0.000000442. The number of aliphatic hydroxyl groups is 1. The van der Waals surface area contributed by atoms with Gasteiger partial charge in [0.2, 0.25) is 0 Å². The van der Waals surface area contributed by atoms with Gasteiger partial charge in [-0.05, 0) is 62.8 Å². The quantitative estimate of drug-likeness (QED) is 0.596. The van der Waals surface area contributed by atoms with Crippen molar-refractivity contribution >= 4 is 11.0 Å². The van der Waals surface area contributed by atoms with E-state index < -0.39 is 16.6 Å². The first kappa shape index (κ1) is 26.1. The van der Waals surface area contributed by atoms with E-state index in [0.29, 0.717) is 12.0 Å². The van der Waals surface area contributed by atoms with Crippen LogP contribution in [0.4, 0.5) is 0 Å². The smallest absolute Gasteiger partial charge is 0.0910 e. The van der Waals surface area contributed by atoms with Crippen molar-refractivity contribution in [1.29, 1.82) is 0 Å². The molecule has 1 aliphatic carbocycles. The molecule has 33 heavy (non-hydrogen) atoms. The Morgan fingerprint density at radius 3 is 2.15 bits per heavy atom. The van der Waals surface area contributed by atoms with Gasteiger partial charge in [0.1, 0.15) is 0 Å². The molecule has 4 rings (SSSR count). The van der Waals surface area contributed by atoms with Crippen molar-refractivity contribution in [3.05, 3.63) is 72.3 Å². The zero-order chi connectivity index (χ0) is 23.5. The van der Waals surface area contributed by atoms with Crippen LogP contribution in [0.5, 0.6) is 0 Å². The van der Waals surface area contributed by atoms with Crippen LogP contribution in [0, 0.1) is 5.92 Å². The zero-order valence-electron chi connectivity index (χ0n) is 20.4. The van der Waals surface area contributed by atoms with Gasteiger partial charge in [-0.15, -0.1) is 0 Å². The van der Waals surface area contributed by atoms with E-state index in [0.717, 1.165) is 64.6 Å². The van der Waals surface area contributed by atoms with Crippen LogP contribution in [0.25, 0.3) is 0 Å². The van der Waals surface area contributed by atoms with E-state index in [4.69, 9.17) is 0 Å². The molecule has 3 unspecified atom stereocenters. The topological polar surface area (TPSA) is 43.8 Å². The Morgan fingerprint density at radius 2 is 1.58 bits per heavy atom. The van der Waals surface area contributed by atoms with Gasteiger partial charge in [-0.2, -0.15) is 0 Å². The number of hydrogen-bond donors (Lipinski definition) is 1. The molecule has 3 atom stereocenters. The van der Waals surface area contributed by atoms with Crippen molar-refractivity contribution in [1.82, 2.24) is 9.21 Å². The highest BCUT2D eigenvalue weighted by Gasteiger charge is 2.34. The molecule has 1 saturated carbocycles. The van der Waals surface area contributed by atoms with Crippen molar-refractivity contribution in [2.24, 2.45) is 5.92 Å². The molecule has 0 bridgehead atoms. The lowest BCUT2D eigenvalue weighted by atomic mass is 9.85. The van der Waals surface area contributed by atoms with Crippen molar-refractivity contribution < 1.29 is 9.32 Å². The second kappa shape index (κ2) is 13.4. The maximum atomic E-state index is 11.7. The first-order valence-electron chi connectivity index (χ1n) is 12.5. The highest BCUT2D eigenvalue weighted by molar-refractivity contribution is 7.81. The molecule has 2 aromatic carbocycles. The summed E-state index contributed by atoms with van der Waals surface area (Å²) in [6, 6.07) is 23.1. The Kier molecular flexibility index (Phi) is 10.6. The highest BCUT2D eigenvalue weighted by atomic mass is 32.2. The summed E-state index contributed by atoms with van der Waals surface area (Å²) in [6.07, 6.45) is 10.2. The number of nitrogens with zero attached hydrogens (tertiary/aromatic N) is 2. The number of likely N-dealkylation sites (tertiary alicyclic amines) is 1. The zero-order valence-corrected chi connectivity index (χ0v) is 21.3. The Morgan fingerprint density at radius 1 is 1.00 bits per heavy atom. The van der Waals surface area contributed by atoms with Crippen molar-refractivity contribution in [3.8, 4) is 0 Å². The van der Waals surface area contributed by atoms with Gasteiger partial charge in [-0.1, -0.05) is 66.7 Å². The minimum atomic E-state index is -0.863. The summed E-state index contributed by atoms with van der Waals surface area (Å²) in [4.78, 5) is 2.54. The van der Waals surface area contributed by atoms with Crippen LogP contribution in [-0.2, 0) is 17.4 Å². The first-order valence-corrected chi connectivity index (χ1v) is 14.0. The molecule has 4 nitrogen and oxygen atoms in total. The van der Waals surface area contributed by atoms with Gasteiger partial charge < -0.3 is 10.0 Å². The van der Waals surface area contributed by atoms with Crippen LogP contribution in [0.2, 0.25) is 0 Å². The molecule has 0 aromatic heterocycles. The predicted molar refractivity (Wildman–Crippen MR) is 139 cm³/mol. The number of benzene rings is 2. The monoisotopic (exact) mass is 470 g/mol. The van der Waals surface area contributed by atoms with E-state index in [1.54, 1.807) is 6.26 Å². The van der Waals surface area contributed by atoms with Gasteiger partial charge in [-0.25, -0.2) is 8.51 Å². The molecule has 0 amide bonds. The van der Waals surface area contributed by atoms with E-state index in [1.807, 2.05) is 47.8 Å². The molecule has 0 spiro atoms. The summed E-state index contributed by atoms with van der Waals surface area (Å²) in [5, 5.41) is 10.9. The standard InChI is InChI=1S/C22H36N2O2S.C6H6/c1-23(27(2)26)21-11-10-20(17-21)18-24-15-13-22(25,14-16-24)12-6-9-19-7-4-3-5-8-19;1-2-4-6-5-3-1/h3-5,7-8,20-21,25H,6,9-18H2,1-2H3;1-6H. The Bertz CT molecular complexity index is 782. The SMILES string of the molecule is CN(C1CCC(CN2CCC(O)(CCCc3ccccc3)CC2)C1)S(C)=O.c1ccccc1. The second-order valence-electron chi connectivity index (χ2n) is 9.82. The molecule has 2 aromatic rings. The fraction of sp³-hybridized carbons (Fsp3) is 0.571. The molecule has 1 N–H and O–H groups in total. The maximum absolute atomic E-state index is 11.7. The van der Waals surface area contributed by atoms with Gasteiger partial charge in [-0.3, -0.25) is 0 Å². The lowest BCUT2D eigenvalue weighted by molar-refractivity contribution is -0.0314. The molecular weight excluding hydrogens is 428 g/mol. The third-order valence-electron chi connectivity index (χ3n) is 7.35. The fourth-order valence-corrected chi connectivity index (χ4v) is 5.78. The van der Waals surface area contributed by atoms with E-state index in [-0.39, 0.29) is 0 Å². The number of hydrogen-bond acceptors (Lipinski definition) is 3. The van der Waals surface area contributed by atoms with Crippen LogP contribution in [0.15, 0.2) is 66.7 Å².